The van der Waals surface area contributed by atoms with Crippen LogP contribution in [-0.4, -0.2) is 29.3 Å². The van der Waals surface area contributed by atoms with Crippen molar-refractivity contribution in [3.8, 4) is 5.75 Å². The van der Waals surface area contributed by atoms with E-state index < -0.39 is 4.92 Å². The van der Waals surface area contributed by atoms with Gasteiger partial charge in [0.25, 0.3) is 5.69 Å². The lowest BCUT2D eigenvalue weighted by atomic mass is 9.93. The third-order valence-corrected chi connectivity index (χ3v) is 3.41. The van der Waals surface area contributed by atoms with Crippen LogP contribution in [0, 0.1) is 10.1 Å². The highest BCUT2D eigenvalue weighted by atomic mass is 16.6. The molecule has 1 saturated carbocycles. The molecule has 1 fully saturated rings. The Morgan fingerprint density at radius 3 is 2.58 bits per heavy atom. The first-order valence-corrected chi connectivity index (χ1v) is 6.36. The van der Waals surface area contributed by atoms with E-state index in [4.69, 9.17) is 4.74 Å². The van der Waals surface area contributed by atoms with Crippen molar-refractivity contribution in [1.82, 2.24) is 0 Å². The highest BCUT2D eigenvalue weighted by Gasteiger charge is 2.20. The Hall–Kier alpha value is -1.82. The maximum atomic E-state index is 10.8. The minimum absolute atomic E-state index is 0.0118. The first-order chi connectivity index (χ1) is 9.08. The first kappa shape index (κ1) is 13.6. The van der Waals surface area contributed by atoms with Crippen molar-refractivity contribution in [3.63, 3.8) is 0 Å². The minimum Gasteiger partial charge on any atom is -0.496 e. The average Bonchev–Trinajstić information content (AvgIpc) is 2.41. The molecule has 2 N–H and O–H groups in total. The topological polar surface area (TPSA) is 84.6 Å². The summed E-state index contributed by atoms with van der Waals surface area (Å²) >= 11 is 0. The zero-order valence-corrected chi connectivity index (χ0v) is 10.8. The van der Waals surface area contributed by atoms with E-state index >= 15 is 0 Å². The maximum Gasteiger partial charge on any atom is 0.275 e. The van der Waals surface area contributed by atoms with E-state index in [9.17, 15) is 15.2 Å². The lowest BCUT2D eigenvalue weighted by molar-refractivity contribution is -0.384. The summed E-state index contributed by atoms with van der Waals surface area (Å²) in [5, 5.41) is 23.6. The molecular weight excluding hydrogens is 248 g/mol. The molecule has 0 unspecified atom stereocenters. The molecule has 1 aromatic carbocycles. The van der Waals surface area contributed by atoms with Crippen molar-refractivity contribution in [2.75, 3.05) is 12.4 Å². The fraction of sp³-hybridized carbons (Fsp3) is 0.538. The van der Waals surface area contributed by atoms with Crippen molar-refractivity contribution < 1.29 is 14.8 Å². The SMILES string of the molecule is COc1cc(NC2CCC(O)CC2)cc([N+](=O)[O-])c1. The van der Waals surface area contributed by atoms with Gasteiger partial charge in [-0.15, -0.1) is 0 Å². The van der Waals surface area contributed by atoms with Gasteiger partial charge >= 0.3 is 0 Å². The molecule has 6 heteroatoms. The van der Waals surface area contributed by atoms with E-state index in [-0.39, 0.29) is 17.8 Å². The van der Waals surface area contributed by atoms with Gasteiger partial charge in [0, 0.05) is 23.9 Å². The van der Waals surface area contributed by atoms with Gasteiger partial charge in [-0.1, -0.05) is 0 Å². The minimum atomic E-state index is -0.432. The van der Waals surface area contributed by atoms with Crippen molar-refractivity contribution in [1.29, 1.82) is 0 Å². The quantitative estimate of drug-likeness (QED) is 0.645. The number of ether oxygens (including phenoxy) is 1. The second-order valence-electron chi connectivity index (χ2n) is 4.83. The molecule has 19 heavy (non-hydrogen) atoms. The van der Waals surface area contributed by atoms with Crippen LogP contribution in [0.2, 0.25) is 0 Å². The lowest BCUT2D eigenvalue weighted by Crippen LogP contribution is -2.28. The number of benzene rings is 1. The monoisotopic (exact) mass is 266 g/mol. The summed E-state index contributed by atoms with van der Waals surface area (Å²) < 4.78 is 5.07. The molecular formula is C13H18N2O4. The molecule has 0 bridgehead atoms. The summed E-state index contributed by atoms with van der Waals surface area (Å²) in [4.78, 5) is 10.4. The van der Waals surface area contributed by atoms with Crippen molar-refractivity contribution in [3.05, 3.63) is 28.3 Å². The number of hydrogen-bond acceptors (Lipinski definition) is 5. The molecule has 2 rings (SSSR count). The normalized spacial score (nSPS) is 22.8. The van der Waals surface area contributed by atoms with Crippen molar-refractivity contribution in [2.24, 2.45) is 0 Å². The Morgan fingerprint density at radius 2 is 2.00 bits per heavy atom. The largest absolute Gasteiger partial charge is 0.496 e. The third kappa shape index (κ3) is 3.57. The van der Waals surface area contributed by atoms with E-state index in [2.05, 4.69) is 5.32 Å². The number of aliphatic hydroxyl groups excluding tert-OH is 1. The van der Waals surface area contributed by atoms with Gasteiger partial charge in [0.15, 0.2) is 0 Å². The fourth-order valence-electron chi connectivity index (χ4n) is 2.35. The molecule has 0 aliphatic heterocycles. The van der Waals surface area contributed by atoms with Crippen LogP contribution in [0.3, 0.4) is 0 Å². The van der Waals surface area contributed by atoms with Gasteiger partial charge in [-0.05, 0) is 25.7 Å². The molecule has 1 aliphatic rings. The fourth-order valence-corrected chi connectivity index (χ4v) is 2.35. The molecule has 1 aromatic rings. The van der Waals surface area contributed by atoms with Gasteiger partial charge in [-0.2, -0.15) is 0 Å². The maximum absolute atomic E-state index is 10.8. The summed E-state index contributed by atoms with van der Waals surface area (Å²) in [6.07, 6.45) is 3.06. The third-order valence-electron chi connectivity index (χ3n) is 3.41. The van der Waals surface area contributed by atoms with Crippen LogP contribution in [0.1, 0.15) is 25.7 Å². The summed E-state index contributed by atoms with van der Waals surface area (Å²) in [6.45, 7) is 0. The molecule has 0 heterocycles. The Morgan fingerprint density at radius 1 is 1.32 bits per heavy atom. The van der Waals surface area contributed by atoms with Gasteiger partial charge in [-0.3, -0.25) is 10.1 Å². The number of hydrogen-bond donors (Lipinski definition) is 2. The number of rotatable bonds is 4. The molecule has 104 valence electrons. The molecule has 0 aromatic heterocycles. The van der Waals surface area contributed by atoms with Gasteiger partial charge in [0.05, 0.1) is 24.2 Å². The van der Waals surface area contributed by atoms with Gasteiger partial charge < -0.3 is 15.2 Å². The van der Waals surface area contributed by atoms with Crippen LogP contribution in [0.5, 0.6) is 5.75 Å². The van der Waals surface area contributed by atoms with Gasteiger partial charge in [0.1, 0.15) is 5.75 Å². The van der Waals surface area contributed by atoms with E-state index in [1.807, 2.05) is 0 Å². The number of nitro groups is 1. The summed E-state index contributed by atoms with van der Waals surface area (Å²) in [6, 6.07) is 4.90. The predicted octanol–water partition coefficient (Wildman–Crippen LogP) is 2.32. The average molecular weight is 266 g/mol. The summed E-state index contributed by atoms with van der Waals surface area (Å²) in [5.41, 5.74) is 0.699. The van der Waals surface area contributed by atoms with Crippen LogP contribution in [0.25, 0.3) is 0 Å². The number of nitrogens with zero attached hydrogens (tertiary/aromatic N) is 1. The molecule has 1 aliphatic carbocycles. The molecule has 0 atom stereocenters. The highest BCUT2D eigenvalue weighted by Crippen LogP contribution is 2.28. The van der Waals surface area contributed by atoms with E-state index in [1.54, 1.807) is 6.07 Å². The number of non-ortho nitro benzene ring substituents is 1. The second-order valence-corrected chi connectivity index (χ2v) is 4.83. The molecule has 0 amide bonds. The van der Waals surface area contributed by atoms with Crippen molar-refractivity contribution in [2.45, 2.75) is 37.8 Å². The molecule has 0 spiro atoms. The lowest BCUT2D eigenvalue weighted by Gasteiger charge is -2.27. The van der Waals surface area contributed by atoms with E-state index in [1.165, 1.54) is 19.2 Å². The van der Waals surface area contributed by atoms with Crippen LogP contribution < -0.4 is 10.1 Å². The Kier molecular flexibility index (Phi) is 4.21. The molecule has 0 radical (unpaired) electrons. The number of nitrogens with one attached hydrogen (secondary N) is 1. The second kappa shape index (κ2) is 5.88. The van der Waals surface area contributed by atoms with Crippen molar-refractivity contribution >= 4 is 11.4 Å². The number of anilines is 1. The zero-order chi connectivity index (χ0) is 13.8. The zero-order valence-electron chi connectivity index (χ0n) is 10.8. The Balaban J connectivity index is 2.10. The number of nitro benzene ring substituents is 1. The van der Waals surface area contributed by atoms with Crippen LogP contribution >= 0.6 is 0 Å². The molecule has 0 saturated heterocycles. The van der Waals surface area contributed by atoms with Gasteiger partial charge in [0.2, 0.25) is 0 Å². The predicted molar refractivity (Wildman–Crippen MR) is 71.5 cm³/mol. The number of aliphatic hydroxyl groups is 1. The van der Waals surface area contributed by atoms with Crippen LogP contribution in [0.15, 0.2) is 18.2 Å². The van der Waals surface area contributed by atoms with Crippen LogP contribution in [0.4, 0.5) is 11.4 Å². The Labute approximate surface area is 111 Å². The Bertz CT molecular complexity index is 456. The van der Waals surface area contributed by atoms with Crippen LogP contribution in [-0.2, 0) is 0 Å². The summed E-state index contributed by atoms with van der Waals surface area (Å²) in [7, 11) is 1.49. The standard InChI is InChI=1S/C13H18N2O4/c1-19-13-7-10(6-11(8-13)15(17)18)14-9-2-4-12(16)5-3-9/h6-9,12,14,16H,2-5H2,1H3. The van der Waals surface area contributed by atoms with E-state index in [0.29, 0.717) is 11.4 Å². The first-order valence-electron chi connectivity index (χ1n) is 6.36. The van der Waals surface area contributed by atoms with Gasteiger partial charge in [-0.25, -0.2) is 0 Å². The summed E-state index contributed by atoms with van der Waals surface area (Å²) in [5.74, 6) is 0.465. The smallest absolute Gasteiger partial charge is 0.275 e. The highest BCUT2D eigenvalue weighted by molar-refractivity contribution is 5.56. The van der Waals surface area contributed by atoms with E-state index in [0.717, 1.165) is 25.7 Å². The molecule has 6 nitrogen and oxygen atoms in total. The number of methoxy groups -OCH3 is 1.